The van der Waals surface area contributed by atoms with Gasteiger partial charge in [0.05, 0.1) is 23.0 Å². The average molecular weight is 376 g/mol. The molecule has 2 rings (SSSR count). The number of pyridine rings is 1. The van der Waals surface area contributed by atoms with Gasteiger partial charge in [-0.2, -0.15) is 0 Å². The van der Waals surface area contributed by atoms with Gasteiger partial charge in [-0.25, -0.2) is 8.78 Å². The van der Waals surface area contributed by atoms with Gasteiger partial charge in [-0.05, 0) is 48.0 Å². The number of hydrogen-bond donors (Lipinski definition) is 1. The minimum atomic E-state index is -0.518. The molecule has 1 aromatic heterocycles. The van der Waals surface area contributed by atoms with Crippen molar-refractivity contribution in [2.24, 2.45) is 0 Å². The van der Waals surface area contributed by atoms with E-state index >= 15 is 0 Å². The zero-order valence-electron chi connectivity index (χ0n) is 11.5. The van der Waals surface area contributed by atoms with Gasteiger partial charge in [0.1, 0.15) is 11.6 Å². The Labute approximate surface area is 135 Å². The van der Waals surface area contributed by atoms with Crippen LogP contribution in [0.3, 0.4) is 0 Å². The van der Waals surface area contributed by atoms with E-state index in [0.29, 0.717) is 15.7 Å². The first kappa shape index (κ1) is 16.3. The second kappa shape index (κ2) is 6.81. The summed E-state index contributed by atoms with van der Waals surface area (Å²) in [6, 6.07) is 5.73. The third-order valence-electron chi connectivity index (χ3n) is 2.92. The van der Waals surface area contributed by atoms with Crippen LogP contribution in [-0.2, 0) is 0 Å². The number of halogens is 4. The minimum Gasteiger partial charge on any atom is -0.303 e. The molecule has 0 saturated carbocycles. The van der Waals surface area contributed by atoms with Gasteiger partial charge in [-0.15, -0.1) is 0 Å². The highest BCUT2D eigenvalue weighted by atomic mass is 79.9. The highest BCUT2D eigenvalue weighted by molar-refractivity contribution is 9.10. The van der Waals surface area contributed by atoms with Gasteiger partial charge in [-0.3, -0.25) is 4.98 Å². The lowest BCUT2D eigenvalue weighted by Gasteiger charge is -2.22. The number of benzene rings is 1. The fourth-order valence-electron chi connectivity index (χ4n) is 1.99. The molecule has 0 aliphatic rings. The monoisotopic (exact) mass is 374 g/mol. The van der Waals surface area contributed by atoms with E-state index in [9.17, 15) is 8.78 Å². The van der Waals surface area contributed by atoms with Crippen LogP contribution in [0.15, 0.2) is 34.9 Å². The van der Waals surface area contributed by atoms with Crippen molar-refractivity contribution in [3.63, 3.8) is 0 Å². The Morgan fingerprint density at radius 3 is 2.48 bits per heavy atom. The summed E-state index contributed by atoms with van der Waals surface area (Å²) in [7, 11) is 0. The molecule has 1 aromatic carbocycles. The SMILES string of the molecule is CC(C)NC(c1ccc(F)cn1)c1ccc(Br)c(Cl)c1F. The normalized spacial score (nSPS) is 12.7. The molecule has 2 nitrogen and oxygen atoms in total. The maximum Gasteiger partial charge on any atom is 0.148 e. The van der Waals surface area contributed by atoms with Gasteiger partial charge in [0.25, 0.3) is 0 Å². The molecule has 1 atom stereocenters. The van der Waals surface area contributed by atoms with Crippen LogP contribution in [-0.4, -0.2) is 11.0 Å². The van der Waals surface area contributed by atoms with Crippen LogP contribution in [0.5, 0.6) is 0 Å². The standard InChI is InChI=1S/C15H14BrClF2N2/c1-8(2)21-15(12-6-3-9(18)7-20-12)10-4-5-11(16)13(17)14(10)19/h3-8,15,21H,1-2H3. The smallest absolute Gasteiger partial charge is 0.148 e. The van der Waals surface area contributed by atoms with Gasteiger partial charge in [0.2, 0.25) is 0 Å². The Hall–Kier alpha value is -1.04. The fourth-order valence-corrected chi connectivity index (χ4v) is 2.47. The number of nitrogens with zero attached hydrogens (tertiary/aromatic N) is 1. The van der Waals surface area contributed by atoms with Gasteiger partial charge in [0, 0.05) is 16.1 Å². The van der Waals surface area contributed by atoms with E-state index in [0.717, 1.165) is 6.20 Å². The lowest BCUT2D eigenvalue weighted by Crippen LogP contribution is -2.30. The quantitative estimate of drug-likeness (QED) is 0.772. The summed E-state index contributed by atoms with van der Waals surface area (Å²) in [6.45, 7) is 3.88. The second-order valence-corrected chi connectivity index (χ2v) is 6.15. The molecule has 112 valence electrons. The van der Waals surface area contributed by atoms with E-state index in [1.54, 1.807) is 12.1 Å². The summed E-state index contributed by atoms with van der Waals surface area (Å²) in [6.07, 6.45) is 1.11. The lowest BCUT2D eigenvalue weighted by molar-refractivity contribution is 0.494. The van der Waals surface area contributed by atoms with Gasteiger partial charge in [-0.1, -0.05) is 17.7 Å². The summed E-state index contributed by atoms with van der Waals surface area (Å²) in [4.78, 5) is 4.04. The number of aromatic nitrogens is 1. The Balaban J connectivity index is 2.50. The topological polar surface area (TPSA) is 24.9 Å². The number of rotatable bonds is 4. The van der Waals surface area contributed by atoms with E-state index in [1.807, 2.05) is 13.8 Å². The number of hydrogen-bond acceptors (Lipinski definition) is 2. The highest BCUT2D eigenvalue weighted by Crippen LogP contribution is 2.32. The number of nitrogens with one attached hydrogen (secondary N) is 1. The summed E-state index contributed by atoms with van der Waals surface area (Å²) in [5, 5.41) is 3.24. The molecular weight excluding hydrogens is 362 g/mol. The van der Waals surface area contributed by atoms with Gasteiger partial charge in [0.15, 0.2) is 0 Å². The van der Waals surface area contributed by atoms with Crippen LogP contribution >= 0.6 is 27.5 Å². The van der Waals surface area contributed by atoms with E-state index in [-0.39, 0.29) is 11.1 Å². The molecule has 0 fully saturated rings. The summed E-state index contributed by atoms with van der Waals surface area (Å²) >= 11 is 9.13. The molecule has 21 heavy (non-hydrogen) atoms. The summed E-state index contributed by atoms with van der Waals surface area (Å²) in [5.74, 6) is -0.952. The van der Waals surface area contributed by atoms with Crippen molar-refractivity contribution >= 4 is 27.5 Å². The predicted octanol–water partition coefficient (Wildman–Crippen LogP) is 4.86. The minimum absolute atomic E-state index is 0.0187. The van der Waals surface area contributed by atoms with Crippen LogP contribution in [0, 0.1) is 11.6 Å². The Morgan fingerprint density at radius 1 is 1.19 bits per heavy atom. The van der Waals surface area contributed by atoms with Gasteiger partial charge >= 0.3 is 0 Å². The van der Waals surface area contributed by atoms with Crippen LogP contribution in [0.1, 0.15) is 31.1 Å². The van der Waals surface area contributed by atoms with Crippen LogP contribution < -0.4 is 5.32 Å². The molecule has 0 saturated heterocycles. The largest absolute Gasteiger partial charge is 0.303 e. The molecule has 1 N–H and O–H groups in total. The Bertz CT molecular complexity index is 632. The molecule has 0 aliphatic carbocycles. The third kappa shape index (κ3) is 3.78. The van der Waals surface area contributed by atoms with E-state index in [2.05, 4.69) is 26.2 Å². The fraction of sp³-hybridized carbons (Fsp3) is 0.267. The van der Waals surface area contributed by atoms with Crippen molar-refractivity contribution < 1.29 is 8.78 Å². The van der Waals surface area contributed by atoms with Crippen molar-refractivity contribution in [3.05, 3.63) is 62.8 Å². The molecule has 0 spiro atoms. The molecular formula is C15H14BrClF2N2. The summed E-state index contributed by atoms with van der Waals surface area (Å²) in [5.41, 5.74) is 0.901. The molecule has 0 bridgehead atoms. The zero-order valence-corrected chi connectivity index (χ0v) is 13.8. The second-order valence-electron chi connectivity index (χ2n) is 4.92. The first-order valence-corrected chi connectivity index (χ1v) is 7.58. The molecule has 0 radical (unpaired) electrons. The zero-order chi connectivity index (χ0) is 15.6. The third-order valence-corrected chi connectivity index (χ3v) is 4.18. The van der Waals surface area contributed by atoms with Crippen LogP contribution in [0.2, 0.25) is 5.02 Å². The summed E-state index contributed by atoms with van der Waals surface area (Å²) < 4.78 is 27.9. The van der Waals surface area contributed by atoms with E-state index in [4.69, 9.17) is 11.6 Å². The molecule has 0 amide bonds. The molecule has 0 aliphatic heterocycles. The first-order chi connectivity index (χ1) is 9.90. The Kier molecular flexibility index (Phi) is 5.30. The van der Waals surface area contributed by atoms with Crippen molar-refractivity contribution in [1.82, 2.24) is 10.3 Å². The van der Waals surface area contributed by atoms with Crippen molar-refractivity contribution in [1.29, 1.82) is 0 Å². The predicted molar refractivity (Wildman–Crippen MR) is 83.4 cm³/mol. The van der Waals surface area contributed by atoms with Crippen molar-refractivity contribution in [2.75, 3.05) is 0 Å². The molecule has 2 aromatic rings. The van der Waals surface area contributed by atoms with Crippen molar-refractivity contribution in [2.45, 2.75) is 25.9 Å². The van der Waals surface area contributed by atoms with Crippen molar-refractivity contribution in [3.8, 4) is 0 Å². The lowest BCUT2D eigenvalue weighted by atomic mass is 10.0. The highest BCUT2D eigenvalue weighted by Gasteiger charge is 2.22. The van der Waals surface area contributed by atoms with E-state index < -0.39 is 17.7 Å². The van der Waals surface area contributed by atoms with Crippen LogP contribution in [0.4, 0.5) is 8.78 Å². The van der Waals surface area contributed by atoms with Crippen LogP contribution in [0.25, 0.3) is 0 Å². The average Bonchev–Trinajstić information content (AvgIpc) is 2.44. The Morgan fingerprint density at radius 2 is 1.90 bits per heavy atom. The van der Waals surface area contributed by atoms with Gasteiger partial charge < -0.3 is 5.32 Å². The van der Waals surface area contributed by atoms with E-state index in [1.165, 1.54) is 12.1 Å². The first-order valence-electron chi connectivity index (χ1n) is 6.41. The molecule has 6 heteroatoms. The molecule has 1 unspecified atom stereocenters. The molecule has 1 heterocycles. The maximum atomic E-state index is 14.4. The maximum absolute atomic E-state index is 14.4.